The van der Waals surface area contributed by atoms with Crippen molar-refractivity contribution in [2.45, 2.75) is 46.2 Å². The first kappa shape index (κ1) is 16.5. The second kappa shape index (κ2) is 6.63. The first-order chi connectivity index (χ1) is 11.5. The highest BCUT2D eigenvalue weighted by Crippen LogP contribution is 2.46. The lowest BCUT2D eigenvalue weighted by Gasteiger charge is -2.18. The van der Waals surface area contributed by atoms with Crippen molar-refractivity contribution in [3.05, 3.63) is 52.5 Å². The normalized spacial score (nSPS) is 15.2. The molecule has 24 heavy (non-hydrogen) atoms. The van der Waals surface area contributed by atoms with Crippen LogP contribution < -0.4 is 10.9 Å². The topological polar surface area (TPSA) is 68.9 Å². The van der Waals surface area contributed by atoms with E-state index < -0.39 is 0 Å². The molecule has 0 spiro atoms. The van der Waals surface area contributed by atoms with E-state index in [-0.39, 0.29) is 16.9 Å². The van der Waals surface area contributed by atoms with Crippen LogP contribution in [0.25, 0.3) is 0 Å². The van der Waals surface area contributed by atoms with Gasteiger partial charge in [0.2, 0.25) is 5.91 Å². The predicted octanol–water partition coefficient (Wildman–Crippen LogP) is 1.65. The Hall–Kier alpha value is -2.37. The Morgan fingerprint density at radius 2 is 2.12 bits per heavy atom. The fraction of sp³-hybridized carbons (Fsp3) is 0.500. The minimum absolute atomic E-state index is 0.00113. The van der Waals surface area contributed by atoms with Crippen molar-refractivity contribution in [2.24, 2.45) is 5.41 Å². The van der Waals surface area contributed by atoms with E-state index in [4.69, 9.17) is 0 Å². The summed E-state index contributed by atoms with van der Waals surface area (Å²) in [7, 11) is 0. The van der Waals surface area contributed by atoms with Crippen LogP contribution in [-0.2, 0) is 17.9 Å². The van der Waals surface area contributed by atoms with E-state index in [1.54, 1.807) is 10.6 Å². The van der Waals surface area contributed by atoms with Gasteiger partial charge in [-0.3, -0.25) is 9.59 Å². The van der Waals surface area contributed by atoms with E-state index in [0.29, 0.717) is 19.5 Å². The number of nitrogens with one attached hydrogen (secondary N) is 1. The van der Waals surface area contributed by atoms with E-state index in [1.165, 1.54) is 6.07 Å². The first-order valence-electron chi connectivity index (χ1n) is 8.40. The summed E-state index contributed by atoms with van der Waals surface area (Å²) in [5.74, 6) is 1.00. The Morgan fingerprint density at radius 1 is 1.33 bits per heavy atom. The number of aryl methyl sites for hydroxylation is 2. The number of rotatable bonds is 7. The third kappa shape index (κ3) is 3.75. The molecule has 0 saturated heterocycles. The van der Waals surface area contributed by atoms with Crippen LogP contribution in [0.4, 0.5) is 0 Å². The molecule has 1 N–H and O–H groups in total. The van der Waals surface area contributed by atoms with Gasteiger partial charge in [0, 0.05) is 55.6 Å². The maximum absolute atomic E-state index is 12.1. The van der Waals surface area contributed by atoms with Crippen LogP contribution in [0.15, 0.2) is 35.4 Å². The summed E-state index contributed by atoms with van der Waals surface area (Å²) in [6.07, 6.45) is 6.38. The van der Waals surface area contributed by atoms with Gasteiger partial charge in [-0.05, 0) is 32.8 Å². The molecule has 0 unspecified atom stereocenters. The number of amides is 1. The molecular weight excluding hydrogens is 304 g/mol. The predicted molar refractivity (Wildman–Crippen MR) is 91.7 cm³/mol. The Kier molecular flexibility index (Phi) is 4.55. The van der Waals surface area contributed by atoms with Crippen LogP contribution in [0.3, 0.4) is 0 Å². The number of hydrogen-bond acceptors (Lipinski definition) is 3. The molecule has 6 nitrogen and oxygen atoms in total. The number of aromatic nitrogens is 3. The van der Waals surface area contributed by atoms with Crippen LogP contribution in [0.1, 0.15) is 30.8 Å². The molecule has 1 aliphatic rings. The highest BCUT2D eigenvalue weighted by atomic mass is 16.1. The number of carbonyl (C=O) groups excluding carboxylic acids is 1. The zero-order chi connectivity index (χ0) is 17.2. The average molecular weight is 328 g/mol. The third-order valence-electron chi connectivity index (χ3n) is 4.88. The van der Waals surface area contributed by atoms with Crippen molar-refractivity contribution in [2.75, 3.05) is 6.54 Å². The largest absolute Gasteiger partial charge is 0.355 e. The monoisotopic (exact) mass is 328 g/mol. The maximum atomic E-state index is 12.1. The number of carbonyl (C=O) groups is 1. The number of hydrogen-bond donors (Lipinski definition) is 1. The molecule has 1 aliphatic carbocycles. The molecule has 1 fully saturated rings. The van der Waals surface area contributed by atoms with Crippen LogP contribution in [-0.4, -0.2) is 26.6 Å². The van der Waals surface area contributed by atoms with Gasteiger partial charge in [0.25, 0.3) is 5.56 Å². The number of pyridine rings is 1. The number of imidazole rings is 1. The highest BCUT2D eigenvalue weighted by Gasteiger charge is 2.43. The summed E-state index contributed by atoms with van der Waals surface area (Å²) < 4.78 is 3.79. The molecule has 3 rings (SSSR count). The minimum Gasteiger partial charge on any atom is -0.355 e. The summed E-state index contributed by atoms with van der Waals surface area (Å²) in [6.45, 7) is 5.88. The molecule has 2 heterocycles. The lowest BCUT2D eigenvalue weighted by atomic mass is 10.1. The fourth-order valence-corrected chi connectivity index (χ4v) is 3.00. The smallest absolute Gasteiger partial charge is 0.250 e. The molecule has 1 amide bonds. The maximum Gasteiger partial charge on any atom is 0.250 e. The van der Waals surface area contributed by atoms with Crippen molar-refractivity contribution >= 4 is 5.91 Å². The average Bonchev–Trinajstić information content (AvgIpc) is 3.20. The summed E-state index contributed by atoms with van der Waals surface area (Å²) in [4.78, 5) is 28.2. The van der Waals surface area contributed by atoms with Crippen molar-refractivity contribution in [3.8, 4) is 0 Å². The molecule has 0 aliphatic heterocycles. The second-order valence-corrected chi connectivity index (χ2v) is 6.79. The summed E-state index contributed by atoms with van der Waals surface area (Å²) in [6, 6.07) is 5.15. The summed E-state index contributed by atoms with van der Waals surface area (Å²) >= 11 is 0. The zero-order valence-electron chi connectivity index (χ0n) is 14.3. The molecule has 0 atom stereocenters. The van der Waals surface area contributed by atoms with Gasteiger partial charge in [0.15, 0.2) is 0 Å². The van der Waals surface area contributed by atoms with Crippen molar-refractivity contribution < 1.29 is 4.79 Å². The van der Waals surface area contributed by atoms with Gasteiger partial charge in [0.1, 0.15) is 5.82 Å². The molecule has 2 aromatic heterocycles. The van der Waals surface area contributed by atoms with E-state index in [2.05, 4.69) is 14.9 Å². The van der Waals surface area contributed by atoms with Gasteiger partial charge in [0.05, 0.1) is 0 Å². The quantitative estimate of drug-likeness (QED) is 0.840. The molecule has 1 saturated carbocycles. The van der Waals surface area contributed by atoms with E-state index in [1.807, 2.05) is 32.3 Å². The lowest BCUT2D eigenvalue weighted by molar-refractivity contribution is -0.121. The van der Waals surface area contributed by atoms with Crippen molar-refractivity contribution in [3.63, 3.8) is 0 Å². The van der Waals surface area contributed by atoms with E-state index in [0.717, 1.165) is 30.9 Å². The van der Waals surface area contributed by atoms with Crippen molar-refractivity contribution in [1.29, 1.82) is 0 Å². The highest BCUT2D eigenvalue weighted by molar-refractivity contribution is 5.75. The molecule has 0 aromatic carbocycles. The van der Waals surface area contributed by atoms with Gasteiger partial charge in [-0.25, -0.2) is 4.98 Å². The van der Waals surface area contributed by atoms with Gasteiger partial charge < -0.3 is 14.5 Å². The van der Waals surface area contributed by atoms with Crippen LogP contribution in [0.2, 0.25) is 0 Å². The summed E-state index contributed by atoms with van der Waals surface area (Å²) in [5.41, 5.74) is 0.988. The molecule has 0 radical (unpaired) electrons. The Balaban J connectivity index is 1.49. The van der Waals surface area contributed by atoms with Crippen LogP contribution >= 0.6 is 0 Å². The first-order valence-corrected chi connectivity index (χ1v) is 8.40. The van der Waals surface area contributed by atoms with Gasteiger partial charge in [-0.2, -0.15) is 0 Å². The Labute approximate surface area is 141 Å². The van der Waals surface area contributed by atoms with Gasteiger partial charge in [-0.1, -0.05) is 6.07 Å². The minimum atomic E-state index is -0.0583. The molecule has 0 bridgehead atoms. The molecular formula is C18H24N4O2. The standard InChI is InChI=1S/C18H24N4O2/c1-14-4-3-5-17(24)22(14)10-6-16(23)20-12-18(7-8-18)13-21-11-9-19-15(21)2/h3-5,9,11H,6-8,10,12-13H2,1-2H3,(H,20,23). The van der Waals surface area contributed by atoms with Gasteiger partial charge >= 0.3 is 0 Å². The second-order valence-electron chi connectivity index (χ2n) is 6.79. The Morgan fingerprint density at radius 3 is 2.75 bits per heavy atom. The van der Waals surface area contributed by atoms with Crippen molar-refractivity contribution in [1.82, 2.24) is 19.4 Å². The molecule has 6 heteroatoms. The third-order valence-corrected chi connectivity index (χ3v) is 4.88. The lowest BCUT2D eigenvalue weighted by Crippen LogP contribution is -2.33. The molecule has 128 valence electrons. The number of nitrogens with zero attached hydrogens (tertiary/aromatic N) is 3. The van der Waals surface area contributed by atoms with Gasteiger partial charge in [-0.15, -0.1) is 0 Å². The fourth-order valence-electron chi connectivity index (χ4n) is 3.00. The Bertz CT molecular complexity index is 786. The van der Waals surface area contributed by atoms with E-state index >= 15 is 0 Å². The van der Waals surface area contributed by atoms with E-state index in [9.17, 15) is 9.59 Å². The van der Waals surface area contributed by atoms with Crippen LogP contribution in [0.5, 0.6) is 0 Å². The SMILES string of the molecule is Cc1nccn1CC1(CNC(=O)CCn2c(C)cccc2=O)CC1. The molecule has 2 aromatic rings. The van der Waals surface area contributed by atoms with Crippen LogP contribution in [0, 0.1) is 19.3 Å². The summed E-state index contributed by atoms with van der Waals surface area (Å²) in [5, 5.41) is 3.04. The zero-order valence-corrected chi connectivity index (χ0v) is 14.3.